The third-order valence-corrected chi connectivity index (χ3v) is 3.45. The number of aromatic nitrogens is 2. The van der Waals surface area contributed by atoms with Crippen molar-refractivity contribution in [1.29, 1.82) is 0 Å². The van der Waals surface area contributed by atoms with Crippen LogP contribution in [0.15, 0.2) is 10.7 Å². The Morgan fingerprint density at radius 1 is 1.56 bits per heavy atom. The van der Waals surface area contributed by atoms with Gasteiger partial charge in [-0.3, -0.25) is 0 Å². The third kappa shape index (κ3) is 3.30. The molecule has 100 valence electrons. The van der Waals surface area contributed by atoms with Crippen molar-refractivity contribution in [2.75, 3.05) is 32.2 Å². The molecule has 0 amide bonds. The minimum atomic E-state index is -0.748. The summed E-state index contributed by atoms with van der Waals surface area (Å²) in [6.07, 6.45) is 2.85. The second kappa shape index (κ2) is 5.81. The molecule has 0 aliphatic carbocycles. The normalized spacial score (nSPS) is 18.4. The van der Waals surface area contributed by atoms with Crippen LogP contribution in [0.5, 0.6) is 5.88 Å². The first-order valence-corrected chi connectivity index (χ1v) is 6.53. The number of halogens is 1. The van der Waals surface area contributed by atoms with Gasteiger partial charge in [-0.2, -0.15) is 4.98 Å². The Morgan fingerprint density at radius 2 is 2.28 bits per heavy atom. The summed E-state index contributed by atoms with van der Waals surface area (Å²) >= 11 is 3.29. The number of nitrogens with zero attached hydrogens (tertiary/aromatic N) is 2. The van der Waals surface area contributed by atoms with Crippen LogP contribution >= 0.6 is 15.9 Å². The average Bonchev–Trinajstić information content (AvgIpc) is 2.39. The number of hydrogen-bond donors (Lipinski definition) is 2. The molecule has 1 fully saturated rings. The number of hydrogen-bond acceptors (Lipinski definition) is 6. The van der Waals surface area contributed by atoms with Crippen molar-refractivity contribution < 1.29 is 14.6 Å². The van der Waals surface area contributed by atoms with Crippen LogP contribution in [0.4, 0.5) is 5.95 Å². The van der Waals surface area contributed by atoms with Crippen LogP contribution in [-0.2, 0) is 4.74 Å². The first-order valence-electron chi connectivity index (χ1n) is 5.73. The number of nitrogens with one attached hydrogen (secondary N) is 1. The summed E-state index contributed by atoms with van der Waals surface area (Å²) in [5.41, 5.74) is -0.748. The highest BCUT2D eigenvalue weighted by molar-refractivity contribution is 9.10. The van der Waals surface area contributed by atoms with Crippen molar-refractivity contribution in [2.24, 2.45) is 0 Å². The summed E-state index contributed by atoms with van der Waals surface area (Å²) in [6.45, 7) is 1.58. The van der Waals surface area contributed by atoms with Gasteiger partial charge in [0.1, 0.15) is 0 Å². The molecule has 0 spiro atoms. The Morgan fingerprint density at radius 3 is 2.94 bits per heavy atom. The topological polar surface area (TPSA) is 76.5 Å². The molecule has 1 aliphatic rings. The quantitative estimate of drug-likeness (QED) is 0.869. The molecular weight excluding hydrogens is 302 g/mol. The van der Waals surface area contributed by atoms with Crippen LogP contribution in [0.3, 0.4) is 0 Å². The second-order valence-corrected chi connectivity index (χ2v) is 5.10. The predicted octanol–water partition coefficient (Wildman–Crippen LogP) is 1.20. The summed E-state index contributed by atoms with van der Waals surface area (Å²) < 4.78 is 11.0. The van der Waals surface area contributed by atoms with Crippen molar-refractivity contribution in [3.8, 4) is 5.88 Å². The maximum atomic E-state index is 10.3. The van der Waals surface area contributed by atoms with Crippen molar-refractivity contribution in [1.82, 2.24) is 9.97 Å². The Bertz CT molecular complexity index is 411. The van der Waals surface area contributed by atoms with Gasteiger partial charge in [0.05, 0.1) is 23.4 Å². The van der Waals surface area contributed by atoms with E-state index < -0.39 is 5.60 Å². The van der Waals surface area contributed by atoms with Gasteiger partial charge in [-0.05, 0) is 15.9 Å². The molecule has 0 aromatic carbocycles. The Labute approximate surface area is 114 Å². The molecule has 1 saturated heterocycles. The Kier molecular flexibility index (Phi) is 4.36. The fraction of sp³-hybridized carbons (Fsp3) is 0.636. The van der Waals surface area contributed by atoms with E-state index in [-0.39, 0.29) is 0 Å². The van der Waals surface area contributed by atoms with E-state index in [2.05, 4.69) is 31.2 Å². The second-order valence-electron chi connectivity index (χ2n) is 4.24. The minimum Gasteiger partial charge on any atom is -0.480 e. The standard InChI is InChI=1S/C11H16BrN3O3/c1-17-9-8(12)6-13-10(15-9)14-7-11(16)2-4-18-5-3-11/h6,16H,2-5,7H2,1H3,(H,13,14,15). The van der Waals surface area contributed by atoms with Gasteiger partial charge in [0.25, 0.3) is 0 Å². The van der Waals surface area contributed by atoms with E-state index in [9.17, 15) is 5.11 Å². The lowest BCUT2D eigenvalue weighted by molar-refractivity contribution is -0.0544. The lowest BCUT2D eigenvalue weighted by atomic mass is 9.94. The summed E-state index contributed by atoms with van der Waals surface area (Å²) in [7, 11) is 1.54. The van der Waals surface area contributed by atoms with Crippen LogP contribution in [0, 0.1) is 0 Å². The molecule has 18 heavy (non-hydrogen) atoms. The molecule has 2 rings (SSSR count). The zero-order valence-corrected chi connectivity index (χ0v) is 11.7. The zero-order chi connectivity index (χ0) is 13.0. The molecule has 1 aromatic rings. The van der Waals surface area contributed by atoms with Crippen LogP contribution in [-0.4, -0.2) is 47.5 Å². The maximum absolute atomic E-state index is 10.3. The summed E-state index contributed by atoms with van der Waals surface area (Å²) in [5.74, 6) is 0.904. The highest BCUT2D eigenvalue weighted by Gasteiger charge is 2.29. The Hall–Kier alpha value is -0.920. The van der Waals surface area contributed by atoms with E-state index in [4.69, 9.17) is 9.47 Å². The molecular formula is C11H16BrN3O3. The van der Waals surface area contributed by atoms with Gasteiger partial charge in [-0.1, -0.05) is 0 Å². The molecule has 7 heteroatoms. The fourth-order valence-corrected chi connectivity index (χ4v) is 2.10. The largest absolute Gasteiger partial charge is 0.480 e. The van der Waals surface area contributed by atoms with E-state index >= 15 is 0 Å². The molecule has 6 nitrogen and oxygen atoms in total. The number of ether oxygens (including phenoxy) is 2. The van der Waals surface area contributed by atoms with E-state index in [1.165, 1.54) is 0 Å². The lowest BCUT2D eigenvalue weighted by Crippen LogP contribution is -2.42. The molecule has 0 bridgehead atoms. The zero-order valence-electron chi connectivity index (χ0n) is 10.1. The van der Waals surface area contributed by atoms with Gasteiger partial charge in [-0.15, -0.1) is 0 Å². The third-order valence-electron chi connectivity index (χ3n) is 2.90. The van der Waals surface area contributed by atoms with Gasteiger partial charge < -0.3 is 19.9 Å². The van der Waals surface area contributed by atoms with Crippen molar-refractivity contribution in [2.45, 2.75) is 18.4 Å². The van der Waals surface area contributed by atoms with Crippen molar-refractivity contribution in [3.63, 3.8) is 0 Å². The van der Waals surface area contributed by atoms with Gasteiger partial charge >= 0.3 is 0 Å². The summed E-state index contributed by atoms with van der Waals surface area (Å²) in [6, 6.07) is 0. The summed E-state index contributed by atoms with van der Waals surface area (Å²) in [5, 5.41) is 13.3. The van der Waals surface area contributed by atoms with Crippen LogP contribution in [0.1, 0.15) is 12.8 Å². The fourth-order valence-electron chi connectivity index (χ4n) is 1.75. The highest BCUT2D eigenvalue weighted by Crippen LogP contribution is 2.23. The Balaban J connectivity index is 1.97. The summed E-state index contributed by atoms with van der Waals surface area (Å²) in [4.78, 5) is 8.28. The first-order chi connectivity index (χ1) is 8.63. The molecule has 0 radical (unpaired) electrons. The SMILES string of the molecule is COc1nc(NCC2(O)CCOCC2)ncc1Br. The smallest absolute Gasteiger partial charge is 0.232 e. The molecule has 0 atom stereocenters. The molecule has 0 unspecified atom stereocenters. The number of anilines is 1. The van der Waals surface area contributed by atoms with Gasteiger partial charge in [-0.25, -0.2) is 4.98 Å². The maximum Gasteiger partial charge on any atom is 0.232 e. The molecule has 2 heterocycles. The molecule has 1 aromatic heterocycles. The van der Waals surface area contributed by atoms with Crippen molar-refractivity contribution >= 4 is 21.9 Å². The van der Waals surface area contributed by atoms with E-state index in [0.717, 1.165) is 0 Å². The average molecular weight is 318 g/mol. The minimum absolute atomic E-state index is 0.404. The highest BCUT2D eigenvalue weighted by atomic mass is 79.9. The van der Waals surface area contributed by atoms with Crippen LogP contribution < -0.4 is 10.1 Å². The molecule has 0 saturated carbocycles. The number of aliphatic hydroxyl groups is 1. The van der Waals surface area contributed by atoms with E-state index in [1.54, 1.807) is 13.3 Å². The van der Waals surface area contributed by atoms with E-state index in [1.807, 2.05) is 0 Å². The van der Waals surface area contributed by atoms with Gasteiger partial charge in [0, 0.05) is 32.6 Å². The van der Waals surface area contributed by atoms with Crippen molar-refractivity contribution in [3.05, 3.63) is 10.7 Å². The van der Waals surface area contributed by atoms with E-state index in [0.29, 0.717) is 48.9 Å². The van der Waals surface area contributed by atoms with Crippen LogP contribution in [0.2, 0.25) is 0 Å². The van der Waals surface area contributed by atoms with Gasteiger partial charge in [0.2, 0.25) is 11.8 Å². The first kappa shape index (κ1) is 13.5. The van der Waals surface area contributed by atoms with Gasteiger partial charge in [0.15, 0.2) is 0 Å². The monoisotopic (exact) mass is 317 g/mol. The molecule has 2 N–H and O–H groups in total. The predicted molar refractivity (Wildman–Crippen MR) is 69.8 cm³/mol. The number of rotatable bonds is 4. The lowest BCUT2D eigenvalue weighted by Gasteiger charge is -2.32. The number of methoxy groups -OCH3 is 1. The molecule has 1 aliphatic heterocycles. The van der Waals surface area contributed by atoms with Crippen LogP contribution in [0.25, 0.3) is 0 Å².